The number of esters is 1. The van der Waals surface area contributed by atoms with Crippen molar-refractivity contribution in [1.82, 2.24) is 9.91 Å². The molecule has 0 N–H and O–H groups in total. The van der Waals surface area contributed by atoms with Crippen molar-refractivity contribution in [3.05, 3.63) is 33.9 Å². The van der Waals surface area contributed by atoms with Gasteiger partial charge in [-0.2, -0.15) is 0 Å². The van der Waals surface area contributed by atoms with Crippen LogP contribution in [0.1, 0.15) is 13.8 Å². The molecule has 0 aromatic carbocycles. The van der Waals surface area contributed by atoms with E-state index in [0.29, 0.717) is 0 Å². The summed E-state index contributed by atoms with van der Waals surface area (Å²) >= 11 is 1.61. The molecule has 0 saturated heterocycles. The van der Waals surface area contributed by atoms with E-state index in [9.17, 15) is 9.59 Å². The Morgan fingerprint density at radius 2 is 2.10 bits per heavy atom. The van der Waals surface area contributed by atoms with Gasteiger partial charge in [-0.1, -0.05) is 11.8 Å². The van der Waals surface area contributed by atoms with Crippen LogP contribution in [-0.4, -0.2) is 41.8 Å². The molecular weight excluding hydrogens is 278 g/mol. The number of amides is 1. The monoisotopic (exact) mass is 293 g/mol. The molecule has 0 spiro atoms. The van der Waals surface area contributed by atoms with Gasteiger partial charge in [0.25, 0.3) is 11.8 Å². The molecule has 0 aliphatic carbocycles. The highest BCUT2D eigenvalue weighted by molar-refractivity contribution is 8.06. The van der Waals surface area contributed by atoms with E-state index >= 15 is 0 Å². The minimum Gasteiger partial charge on any atom is -0.405 e. The van der Waals surface area contributed by atoms with Crippen LogP contribution in [0.5, 0.6) is 0 Å². The molecule has 2 aliphatic heterocycles. The number of thioether (sulfide) groups is 1. The van der Waals surface area contributed by atoms with Crippen LogP contribution >= 0.6 is 11.8 Å². The zero-order chi connectivity index (χ0) is 14.9. The molecule has 0 bridgehead atoms. The maximum absolute atomic E-state index is 11.9. The fourth-order valence-corrected chi connectivity index (χ4v) is 2.63. The predicted molar refractivity (Wildman–Crippen MR) is 77.2 cm³/mol. The third kappa shape index (κ3) is 2.93. The SMILES string of the molecule is CC(=O)OC1=NN(C)C(=O)/C1=C/C=C1/SC(C)=CN1C. The number of nitrogens with zero attached hydrogens (tertiary/aromatic N) is 3. The minimum absolute atomic E-state index is 0.0391. The van der Waals surface area contributed by atoms with E-state index in [1.165, 1.54) is 18.9 Å². The Morgan fingerprint density at radius 1 is 1.40 bits per heavy atom. The van der Waals surface area contributed by atoms with Crippen molar-refractivity contribution in [3.8, 4) is 0 Å². The Labute approximate surface area is 121 Å². The summed E-state index contributed by atoms with van der Waals surface area (Å²) < 4.78 is 4.95. The lowest BCUT2D eigenvalue weighted by Crippen LogP contribution is -2.18. The Morgan fingerprint density at radius 3 is 2.65 bits per heavy atom. The van der Waals surface area contributed by atoms with Gasteiger partial charge in [0.2, 0.25) is 0 Å². The number of allylic oxidation sites excluding steroid dienone is 3. The number of hydrogen-bond donors (Lipinski definition) is 0. The van der Waals surface area contributed by atoms with Crippen LogP contribution in [0.4, 0.5) is 0 Å². The number of ether oxygens (including phenoxy) is 1. The number of likely N-dealkylation sites (N-methyl/N-ethyl adjacent to an activating group) is 1. The Bertz CT molecular complexity index is 590. The van der Waals surface area contributed by atoms with Crippen molar-refractivity contribution < 1.29 is 14.3 Å². The van der Waals surface area contributed by atoms with Gasteiger partial charge in [-0.05, 0) is 19.1 Å². The third-order valence-corrected chi connectivity index (χ3v) is 3.68. The first-order valence-electron chi connectivity index (χ1n) is 5.95. The van der Waals surface area contributed by atoms with Crippen molar-refractivity contribution in [2.24, 2.45) is 5.10 Å². The summed E-state index contributed by atoms with van der Waals surface area (Å²) in [6.45, 7) is 3.28. The average Bonchev–Trinajstić information content (AvgIpc) is 2.78. The molecule has 6 nitrogen and oxygen atoms in total. The summed E-state index contributed by atoms with van der Waals surface area (Å²) in [5.41, 5.74) is 0.272. The number of hydrazone groups is 1. The first-order chi connectivity index (χ1) is 9.38. The van der Waals surface area contributed by atoms with Crippen molar-refractivity contribution in [3.63, 3.8) is 0 Å². The molecule has 0 aromatic heterocycles. The van der Waals surface area contributed by atoms with Gasteiger partial charge >= 0.3 is 5.97 Å². The van der Waals surface area contributed by atoms with E-state index in [1.807, 2.05) is 31.1 Å². The molecule has 0 atom stereocenters. The van der Waals surface area contributed by atoms with E-state index in [4.69, 9.17) is 4.74 Å². The molecule has 2 heterocycles. The van der Waals surface area contributed by atoms with Gasteiger partial charge in [0.05, 0.1) is 5.03 Å². The second-order valence-corrected chi connectivity index (χ2v) is 5.63. The first-order valence-corrected chi connectivity index (χ1v) is 6.76. The summed E-state index contributed by atoms with van der Waals surface area (Å²) in [4.78, 5) is 26.1. The summed E-state index contributed by atoms with van der Waals surface area (Å²) in [6.07, 6.45) is 5.43. The molecule has 1 amide bonds. The highest BCUT2D eigenvalue weighted by atomic mass is 32.2. The molecule has 106 valence electrons. The largest absolute Gasteiger partial charge is 0.405 e. The summed E-state index contributed by atoms with van der Waals surface area (Å²) in [7, 11) is 3.44. The fourth-order valence-electron chi connectivity index (χ4n) is 1.76. The highest BCUT2D eigenvalue weighted by Crippen LogP contribution is 2.34. The zero-order valence-corrected chi connectivity index (χ0v) is 12.5. The van der Waals surface area contributed by atoms with Crippen LogP contribution in [-0.2, 0) is 14.3 Å². The van der Waals surface area contributed by atoms with E-state index in [-0.39, 0.29) is 17.4 Å². The summed E-state index contributed by atoms with van der Waals surface area (Å²) in [5, 5.41) is 6.03. The number of rotatable bonds is 1. The van der Waals surface area contributed by atoms with Gasteiger partial charge in [-0.3, -0.25) is 9.59 Å². The second-order valence-electron chi connectivity index (χ2n) is 4.37. The molecule has 0 unspecified atom stereocenters. The van der Waals surface area contributed by atoms with Crippen LogP contribution in [0.25, 0.3) is 0 Å². The molecule has 2 aliphatic rings. The third-order valence-electron chi connectivity index (χ3n) is 2.62. The van der Waals surface area contributed by atoms with Gasteiger partial charge in [0.15, 0.2) is 0 Å². The number of carbonyl (C=O) groups excluding carboxylic acids is 2. The first kappa shape index (κ1) is 14.4. The van der Waals surface area contributed by atoms with Crippen molar-refractivity contribution in [1.29, 1.82) is 0 Å². The average molecular weight is 293 g/mol. The topological polar surface area (TPSA) is 62.2 Å². The predicted octanol–water partition coefficient (Wildman–Crippen LogP) is 1.64. The van der Waals surface area contributed by atoms with Crippen LogP contribution in [0.2, 0.25) is 0 Å². The van der Waals surface area contributed by atoms with Crippen LogP contribution in [0.3, 0.4) is 0 Å². The molecule has 2 rings (SSSR count). The lowest BCUT2D eigenvalue weighted by atomic mass is 10.2. The van der Waals surface area contributed by atoms with Crippen molar-refractivity contribution >= 4 is 29.5 Å². The molecule has 7 heteroatoms. The van der Waals surface area contributed by atoms with Crippen LogP contribution < -0.4 is 0 Å². The number of carbonyl (C=O) groups is 2. The molecule has 20 heavy (non-hydrogen) atoms. The maximum Gasteiger partial charge on any atom is 0.309 e. The number of hydrogen-bond acceptors (Lipinski definition) is 6. The quantitative estimate of drug-likeness (QED) is 0.543. The smallest absolute Gasteiger partial charge is 0.309 e. The summed E-state index contributed by atoms with van der Waals surface area (Å²) in [5.74, 6) is -0.763. The van der Waals surface area contributed by atoms with E-state index in [0.717, 1.165) is 10.0 Å². The lowest BCUT2D eigenvalue weighted by molar-refractivity contribution is -0.132. The van der Waals surface area contributed by atoms with Crippen LogP contribution in [0, 0.1) is 0 Å². The van der Waals surface area contributed by atoms with Gasteiger partial charge < -0.3 is 9.64 Å². The fraction of sp³-hybridized carbons (Fsp3) is 0.308. The van der Waals surface area contributed by atoms with Crippen molar-refractivity contribution in [2.45, 2.75) is 13.8 Å². The molecule has 0 aromatic rings. The Hall–Kier alpha value is -2.02. The minimum atomic E-state index is -0.504. The molecule has 0 fully saturated rings. The Kier molecular flexibility index (Phi) is 3.99. The second kappa shape index (κ2) is 5.54. The summed E-state index contributed by atoms with van der Waals surface area (Å²) in [6, 6.07) is 0. The van der Waals surface area contributed by atoms with Gasteiger partial charge in [-0.25, -0.2) is 5.01 Å². The van der Waals surface area contributed by atoms with E-state index in [2.05, 4.69) is 5.10 Å². The van der Waals surface area contributed by atoms with Gasteiger partial charge in [-0.15, -0.1) is 5.10 Å². The molecule has 0 saturated carbocycles. The lowest BCUT2D eigenvalue weighted by Gasteiger charge is -2.08. The van der Waals surface area contributed by atoms with Crippen LogP contribution in [0.15, 0.2) is 39.0 Å². The highest BCUT2D eigenvalue weighted by Gasteiger charge is 2.29. The van der Waals surface area contributed by atoms with Crippen molar-refractivity contribution in [2.75, 3.05) is 14.1 Å². The zero-order valence-electron chi connectivity index (χ0n) is 11.7. The van der Waals surface area contributed by atoms with E-state index in [1.54, 1.807) is 17.8 Å². The molecular formula is C13H15N3O3S. The van der Waals surface area contributed by atoms with E-state index < -0.39 is 5.97 Å². The van der Waals surface area contributed by atoms with Gasteiger partial charge in [0.1, 0.15) is 5.57 Å². The van der Waals surface area contributed by atoms with Gasteiger partial charge in [0, 0.05) is 32.1 Å². The normalized spacial score (nSPS) is 22.7. The maximum atomic E-state index is 11.9. The standard InChI is InChI=1S/C13H15N3O3S/c1-8-7-15(3)11(20-8)6-5-10-12(19-9(2)17)14-16(4)13(10)18/h5-7H,1-4H3/b10-5+,11-6+. The Balaban J connectivity index is 2.24. The molecule has 0 radical (unpaired) electrons.